The lowest BCUT2D eigenvalue weighted by Crippen LogP contribution is -2.00. The Balaban J connectivity index is 2.32. The second kappa shape index (κ2) is 5.12. The van der Waals surface area contributed by atoms with Crippen molar-refractivity contribution in [3.63, 3.8) is 0 Å². The van der Waals surface area contributed by atoms with Crippen LogP contribution in [0.2, 0.25) is 0 Å². The molecule has 0 unspecified atom stereocenters. The van der Waals surface area contributed by atoms with Crippen LogP contribution in [0.15, 0.2) is 54.6 Å². The highest BCUT2D eigenvalue weighted by Crippen LogP contribution is 2.28. The lowest BCUT2D eigenvalue weighted by atomic mass is 9.97. The summed E-state index contributed by atoms with van der Waals surface area (Å²) in [4.78, 5) is 4.44. The standard InChI is InChI=1S/C17H13N3/c18-10-13-6-1-3-7-14(13)15-9-12-5-2-4-8-16(12)20-17(15)11-19/h1-9H,10,18H2. The van der Waals surface area contributed by atoms with Crippen molar-refractivity contribution >= 4 is 10.9 Å². The van der Waals surface area contributed by atoms with Gasteiger partial charge in [0, 0.05) is 17.5 Å². The summed E-state index contributed by atoms with van der Waals surface area (Å²) in [6.07, 6.45) is 0. The van der Waals surface area contributed by atoms with Gasteiger partial charge in [0.1, 0.15) is 11.8 Å². The molecule has 0 spiro atoms. The van der Waals surface area contributed by atoms with Crippen LogP contribution in [0.5, 0.6) is 0 Å². The molecule has 0 bridgehead atoms. The summed E-state index contributed by atoms with van der Waals surface area (Å²) in [6, 6.07) is 19.9. The van der Waals surface area contributed by atoms with Gasteiger partial charge in [0.25, 0.3) is 0 Å². The van der Waals surface area contributed by atoms with Gasteiger partial charge in [-0.25, -0.2) is 4.98 Å². The molecule has 3 rings (SSSR count). The third kappa shape index (κ3) is 2.03. The van der Waals surface area contributed by atoms with E-state index in [1.165, 1.54) is 0 Å². The normalized spacial score (nSPS) is 10.4. The molecule has 0 saturated carbocycles. The lowest BCUT2D eigenvalue weighted by molar-refractivity contribution is 1.07. The zero-order chi connectivity index (χ0) is 13.9. The third-order valence-corrected chi connectivity index (χ3v) is 3.36. The molecular formula is C17H13N3. The topological polar surface area (TPSA) is 62.7 Å². The minimum atomic E-state index is 0.435. The molecule has 96 valence electrons. The molecule has 0 fully saturated rings. The molecule has 0 saturated heterocycles. The number of rotatable bonds is 2. The minimum Gasteiger partial charge on any atom is -0.326 e. The van der Waals surface area contributed by atoms with Crippen LogP contribution in [0.3, 0.4) is 0 Å². The molecule has 1 aromatic heterocycles. The number of nitrogens with zero attached hydrogens (tertiary/aromatic N) is 2. The van der Waals surface area contributed by atoms with Crippen molar-refractivity contribution in [1.82, 2.24) is 4.98 Å². The smallest absolute Gasteiger partial charge is 0.149 e. The molecule has 0 radical (unpaired) electrons. The summed E-state index contributed by atoms with van der Waals surface area (Å²) in [6.45, 7) is 0.438. The molecule has 1 heterocycles. The second-order valence-corrected chi connectivity index (χ2v) is 4.55. The number of benzene rings is 2. The van der Waals surface area contributed by atoms with Crippen LogP contribution in [0.1, 0.15) is 11.3 Å². The maximum absolute atomic E-state index is 9.36. The summed E-state index contributed by atoms with van der Waals surface area (Å²) in [5.74, 6) is 0. The van der Waals surface area contributed by atoms with E-state index >= 15 is 0 Å². The number of pyridine rings is 1. The first-order chi connectivity index (χ1) is 9.83. The molecule has 2 aromatic carbocycles. The Morgan fingerprint density at radius 1 is 1.00 bits per heavy atom. The number of nitriles is 1. The highest BCUT2D eigenvalue weighted by molar-refractivity contribution is 5.86. The fraction of sp³-hybridized carbons (Fsp3) is 0.0588. The van der Waals surface area contributed by atoms with Crippen molar-refractivity contribution in [3.8, 4) is 17.2 Å². The molecule has 0 atom stereocenters. The third-order valence-electron chi connectivity index (χ3n) is 3.36. The van der Waals surface area contributed by atoms with Crippen molar-refractivity contribution < 1.29 is 0 Å². The zero-order valence-electron chi connectivity index (χ0n) is 10.9. The fourth-order valence-corrected chi connectivity index (χ4v) is 2.37. The second-order valence-electron chi connectivity index (χ2n) is 4.55. The van der Waals surface area contributed by atoms with Gasteiger partial charge in [-0.15, -0.1) is 0 Å². The Bertz CT molecular complexity index is 816. The summed E-state index contributed by atoms with van der Waals surface area (Å²) < 4.78 is 0. The highest BCUT2D eigenvalue weighted by Gasteiger charge is 2.11. The van der Waals surface area contributed by atoms with Crippen molar-refractivity contribution in [2.75, 3.05) is 0 Å². The van der Waals surface area contributed by atoms with Crippen LogP contribution in [0, 0.1) is 11.3 Å². The quantitative estimate of drug-likeness (QED) is 0.768. The SMILES string of the molecule is N#Cc1nc2ccccc2cc1-c1ccccc1CN. The van der Waals surface area contributed by atoms with Gasteiger partial charge >= 0.3 is 0 Å². The Morgan fingerprint density at radius 3 is 2.55 bits per heavy atom. The Kier molecular flexibility index (Phi) is 3.16. The van der Waals surface area contributed by atoms with Crippen LogP contribution in [0.25, 0.3) is 22.0 Å². The monoisotopic (exact) mass is 259 g/mol. The number of hydrogen-bond donors (Lipinski definition) is 1. The van der Waals surface area contributed by atoms with Gasteiger partial charge in [-0.1, -0.05) is 42.5 Å². The Hall–Kier alpha value is -2.70. The summed E-state index contributed by atoms with van der Waals surface area (Å²) in [7, 11) is 0. The van der Waals surface area contributed by atoms with Gasteiger partial charge in [-0.2, -0.15) is 5.26 Å². The van der Waals surface area contributed by atoms with Gasteiger partial charge in [0.05, 0.1) is 5.52 Å². The van der Waals surface area contributed by atoms with Gasteiger partial charge in [0.2, 0.25) is 0 Å². The summed E-state index contributed by atoms with van der Waals surface area (Å²) >= 11 is 0. The molecule has 2 N–H and O–H groups in total. The van der Waals surface area contributed by atoms with E-state index in [4.69, 9.17) is 5.73 Å². The number of fused-ring (bicyclic) bond motifs is 1. The van der Waals surface area contributed by atoms with E-state index in [9.17, 15) is 5.26 Å². The maximum Gasteiger partial charge on any atom is 0.149 e. The van der Waals surface area contributed by atoms with Gasteiger partial charge in [0.15, 0.2) is 0 Å². The molecule has 0 aliphatic rings. The Morgan fingerprint density at radius 2 is 1.75 bits per heavy atom. The van der Waals surface area contributed by atoms with Gasteiger partial charge in [-0.3, -0.25) is 0 Å². The van der Waals surface area contributed by atoms with Crippen LogP contribution >= 0.6 is 0 Å². The summed E-state index contributed by atoms with van der Waals surface area (Å²) in [5, 5.41) is 10.4. The molecular weight excluding hydrogens is 246 g/mol. The number of hydrogen-bond acceptors (Lipinski definition) is 3. The zero-order valence-corrected chi connectivity index (χ0v) is 10.9. The van der Waals surface area contributed by atoms with E-state index in [0.717, 1.165) is 27.6 Å². The molecule has 0 aliphatic carbocycles. The van der Waals surface area contributed by atoms with Crippen molar-refractivity contribution in [2.45, 2.75) is 6.54 Å². The number of para-hydroxylation sites is 1. The van der Waals surface area contributed by atoms with E-state index in [1.807, 2.05) is 54.6 Å². The Labute approximate surface area is 117 Å². The molecule has 3 heteroatoms. The number of nitrogens with two attached hydrogens (primary N) is 1. The maximum atomic E-state index is 9.36. The van der Waals surface area contributed by atoms with Crippen LogP contribution in [0.4, 0.5) is 0 Å². The molecule has 0 amide bonds. The van der Waals surface area contributed by atoms with Crippen LogP contribution in [-0.4, -0.2) is 4.98 Å². The number of aromatic nitrogens is 1. The first-order valence-electron chi connectivity index (χ1n) is 6.41. The molecule has 3 aromatic rings. The average molecular weight is 259 g/mol. The largest absolute Gasteiger partial charge is 0.326 e. The van der Waals surface area contributed by atoms with Crippen LogP contribution < -0.4 is 5.73 Å². The average Bonchev–Trinajstić information content (AvgIpc) is 2.53. The van der Waals surface area contributed by atoms with E-state index in [2.05, 4.69) is 11.1 Å². The predicted molar refractivity (Wildman–Crippen MR) is 79.8 cm³/mol. The van der Waals surface area contributed by atoms with Crippen molar-refractivity contribution in [1.29, 1.82) is 5.26 Å². The lowest BCUT2D eigenvalue weighted by Gasteiger charge is -2.10. The molecule has 20 heavy (non-hydrogen) atoms. The van der Waals surface area contributed by atoms with E-state index in [0.29, 0.717) is 12.2 Å². The van der Waals surface area contributed by atoms with Crippen molar-refractivity contribution in [3.05, 3.63) is 65.9 Å². The van der Waals surface area contributed by atoms with E-state index in [1.54, 1.807) is 0 Å². The van der Waals surface area contributed by atoms with Crippen molar-refractivity contribution in [2.24, 2.45) is 5.73 Å². The minimum absolute atomic E-state index is 0.435. The predicted octanol–water partition coefficient (Wildman–Crippen LogP) is 3.23. The first kappa shape index (κ1) is 12.3. The van der Waals surface area contributed by atoms with E-state index < -0.39 is 0 Å². The first-order valence-corrected chi connectivity index (χ1v) is 6.41. The summed E-state index contributed by atoms with van der Waals surface area (Å²) in [5.41, 5.74) is 9.89. The molecule has 3 nitrogen and oxygen atoms in total. The van der Waals surface area contributed by atoms with Gasteiger partial charge in [-0.05, 0) is 23.3 Å². The van der Waals surface area contributed by atoms with E-state index in [-0.39, 0.29) is 0 Å². The van der Waals surface area contributed by atoms with Gasteiger partial charge < -0.3 is 5.73 Å². The highest BCUT2D eigenvalue weighted by atomic mass is 14.7. The molecule has 0 aliphatic heterocycles. The fourth-order valence-electron chi connectivity index (χ4n) is 2.37. The van der Waals surface area contributed by atoms with Crippen LogP contribution in [-0.2, 0) is 6.54 Å².